The first kappa shape index (κ1) is 12.1. The number of aryl methyl sites for hydroxylation is 1. The molecule has 2 saturated heterocycles. The van der Waals surface area contributed by atoms with Crippen LogP contribution in [-0.2, 0) is 11.3 Å². The third kappa shape index (κ3) is 2.29. The van der Waals surface area contributed by atoms with E-state index in [0.717, 1.165) is 43.9 Å². The van der Waals surface area contributed by atoms with Crippen LogP contribution in [0.5, 0.6) is 0 Å². The highest BCUT2D eigenvalue weighted by molar-refractivity contribution is 7.11. The summed E-state index contributed by atoms with van der Waals surface area (Å²) in [6.07, 6.45) is 4.89. The van der Waals surface area contributed by atoms with E-state index in [4.69, 9.17) is 0 Å². The van der Waals surface area contributed by atoms with Crippen LogP contribution >= 0.6 is 11.3 Å². The van der Waals surface area contributed by atoms with Crippen LogP contribution in [0.1, 0.15) is 29.1 Å². The van der Waals surface area contributed by atoms with Crippen molar-refractivity contribution >= 4 is 17.2 Å². The van der Waals surface area contributed by atoms with Crippen molar-refractivity contribution in [3.05, 3.63) is 16.1 Å². The van der Waals surface area contributed by atoms with Gasteiger partial charge in [-0.3, -0.25) is 4.79 Å². The number of likely N-dealkylation sites (tertiary alicyclic amines) is 1. The van der Waals surface area contributed by atoms with Gasteiger partial charge in [-0.15, -0.1) is 11.3 Å². The lowest BCUT2D eigenvalue weighted by Crippen LogP contribution is -2.38. The third-order valence-electron chi connectivity index (χ3n) is 4.06. The Hall–Kier alpha value is -0.940. The lowest BCUT2D eigenvalue weighted by Gasteiger charge is -2.32. The van der Waals surface area contributed by atoms with Crippen LogP contribution in [0.3, 0.4) is 0 Å². The Kier molecular flexibility index (Phi) is 3.11. The molecule has 1 amide bonds. The molecule has 4 nitrogen and oxygen atoms in total. The molecule has 1 N–H and O–H groups in total. The summed E-state index contributed by atoms with van der Waals surface area (Å²) >= 11 is 1.69. The van der Waals surface area contributed by atoms with E-state index >= 15 is 0 Å². The van der Waals surface area contributed by atoms with Crippen molar-refractivity contribution in [2.45, 2.75) is 32.7 Å². The van der Waals surface area contributed by atoms with Crippen LogP contribution in [0, 0.1) is 12.3 Å². The zero-order chi connectivity index (χ0) is 12.6. The van der Waals surface area contributed by atoms with Crippen LogP contribution in [0.15, 0.2) is 6.20 Å². The Balaban J connectivity index is 1.68. The van der Waals surface area contributed by atoms with Crippen LogP contribution < -0.4 is 5.32 Å². The second-order valence-electron chi connectivity index (χ2n) is 5.54. The molecule has 0 bridgehead atoms. The van der Waals surface area contributed by atoms with Crippen LogP contribution in [-0.4, -0.2) is 35.4 Å². The minimum absolute atomic E-state index is 0.245. The number of nitrogens with one attached hydrogen (secondary N) is 1. The number of amides is 1. The van der Waals surface area contributed by atoms with Gasteiger partial charge in [0.15, 0.2) is 0 Å². The molecular weight excluding hydrogens is 246 g/mol. The summed E-state index contributed by atoms with van der Waals surface area (Å²) in [6, 6.07) is 0. The van der Waals surface area contributed by atoms with E-state index in [2.05, 4.69) is 17.2 Å². The molecule has 5 heteroatoms. The molecule has 0 radical (unpaired) electrons. The van der Waals surface area contributed by atoms with Gasteiger partial charge in [0.05, 0.1) is 6.54 Å². The maximum absolute atomic E-state index is 12.1. The number of carbonyl (C=O) groups is 1. The molecule has 2 aliphatic rings. The molecule has 1 spiro atoms. The molecule has 3 rings (SSSR count). The Morgan fingerprint density at radius 1 is 1.50 bits per heavy atom. The maximum Gasteiger partial charge on any atom is 0.223 e. The van der Waals surface area contributed by atoms with E-state index in [0.29, 0.717) is 12.5 Å². The van der Waals surface area contributed by atoms with Crippen molar-refractivity contribution in [1.29, 1.82) is 0 Å². The summed E-state index contributed by atoms with van der Waals surface area (Å²) in [7, 11) is 0. The Labute approximate surface area is 111 Å². The summed E-state index contributed by atoms with van der Waals surface area (Å²) in [5.74, 6) is 0.310. The average Bonchev–Trinajstić information content (AvgIpc) is 2.86. The lowest BCUT2D eigenvalue weighted by atomic mass is 9.78. The minimum atomic E-state index is 0.245. The smallest absolute Gasteiger partial charge is 0.223 e. The van der Waals surface area contributed by atoms with Gasteiger partial charge in [0.2, 0.25) is 5.91 Å². The zero-order valence-corrected chi connectivity index (χ0v) is 11.6. The topological polar surface area (TPSA) is 45.2 Å². The number of hydrogen-bond acceptors (Lipinski definition) is 4. The summed E-state index contributed by atoms with van der Waals surface area (Å²) in [5.41, 5.74) is 0.245. The Bertz CT molecular complexity index is 451. The van der Waals surface area contributed by atoms with Crippen molar-refractivity contribution in [1.82, 2.24) is 15.2 Å². The van der Waals surface area contributed by atoms with Crippen molar-refractivity contribution in [3.63, 3.8) is 0 Å². The van der Waals surface area contributed by atoms with Gasteiger partial charge in [-0.1, -0.05) is 0 Å². The number of carbonyl (C=O) groups excluding carboxylic acids is 1. The number of nitrogens with zero attached hydrogens (tertiary/aromatic N) is 2. The molecule has 1 aromatic heterocycles. The molecule has 2 aliphatic heterocycles. The monoisotopic (exact) mass is 265 g/mol. The second-order valence-corrected chi connectivity index (χ2v) is 6.86. The van der Waals surface area contributed by atoms with E-state index < -0.39 is 0 Å². The zero-order valence-electron chi connectivity index (χ0n) is 10.7. The molecule has 3 heterocycles. The predicted octanol–water partition coefficient (Wildman–Crippen LogP) is 1.55. The number of thiazole rings is 1. The quantitative estimate of drug-likeness (QED) is 0.882. The molecule has 0 aromatic carbocycles. The molecule has 0 aliphatic carbocycles. The fraction of sp³-hybridized carbons (Fsp3) is 0.692. The average molecular weight is 265 g/mol. The van der Waals surface area contributed by atoms with Crippen molar-refractivity contribution in [3.8, 4) is 0 Å². The standard InChI is InChI=1S/C13H19N3OS/c1-10-7-15-11(18-10)8-16-9-13(6-12(16)17)2-4-14-5-3-13/h7,14H,2-6,8-9H2,1H3. The van der Waals surface area contributed by atoms with E-state index in [9.17, 15) is 4.79 Å². The summed E-state index contributed by atoms with van der Waals surface area (Å²) < 4.78 is 0. The molecule has 98 valence electrons. The first-order valence-electron chi connectivity index (χ1n) is 6.57. The van der Waals surface area contributed by atoms with Crippen molar-refractivity contribution in [2.24, 2.45) is 5.41 Å². The number of aromatic nitrogens is 1. The largest absolute Gasteiger partial charge is 0.335 e. The molecule has 2 fully saturated rings. The summed E-state index contributed by atoms with van der Waals surface area (Å²) in [6.45, 7) is 5.79. The maximum atomic E-state index is 12.1. The molecule has 0 atom stereocenters. The highest BCUT2D eigenvalue weighted by Crippen LogP contribution is 2.39. The fourth-order valence-electron chi connectivity index (χ4n) is 3.06. The van der Waals surface area contributed by atoms with Gasteiger partial charge in [0.1, 0.15) is 5.01 Å². The van der Waals surface area contributed by atoms with Crippen LogP contribution in [0.4, 0.5) is 0 Å². The van der Waals surface area contributed by atoms with Gasteiger partial charge in [-0.05, 0) is 38.3 Å². The first-order chi connectivity index (χ1) is 8.67. The van der Waals surface area contributed by atoms with Gasteiger partial charge in [0, 0.05) is 24.0 Å². The highest BCUT2D eigenvalue weighted by Gasteiger charge is 2.43. The second kappa shape index (κ2) is 4.63. The summed E-state index contributed by atoms with van der Waals surface area (Å²) in [5, 5.41) is 4.44. The molecule has 0 unspecified atom stereocenters. The van der Waals surface area contributed by atoms with Crippen LogP contribution in [0.25, 0.3) is 0 Å². The molecular formula is C13H19N3OS. The van der Waals surface area contributed by atoms with Gasteiger partial charge in [-0.2, -0.15) is 0 Å². The highest BCUT2D eigenvalue weighted by atomic mass is 32.1. The normalized spacial score (nSPS) is 22.9. The minimum Gasteiger partial charge on any atom is -0.335 e. The van der Waals surface area contributed by atoms with E-state index in [1.165, 1.54) is 4.88 Å². The van der Waals surface area contributed by atoms with Gasteiger partial charge < -0.3 is 10.2 Å². The van der Waals surface area contributed by atoms with E-state index in [1.54, 1.807) is 11.3 Å². The molecule has 0 saturated carbocycles. The number of rotatable bonds is 2. The SMILES string of the molecule is Cc1cnc(CN2CC3(CCNCC3)CC2=O)s1. The van der Waals surface area contributed by atoms with Crippen molar-refractivity contribution in [2.75, 3.05) is 19.6 Å². The van der Waals surface area contributed by atoms with Crippen LogP contribution in [0.2, 0.25) is 0 Å². The Morgan fingerprint density at radius 3 is 2.94 bits per heavy atom. The van der Waals surface area contributed by atoms with E-state index in [-0.39, 0.29) is 5.41 Å². The number of hydrogen-bond donors (Lipinski definition) is 1. The predicted molar refractivity (Wildman–Crippen MR) is 71.4 cm³/mol. The fourth-order valence-corrected chi connectivity index (χ4v) is 3.86. The molecule has 1 aromatic rings. The van der Waals surface area contributed by atoms with Gasteiger partial charge >= 0.3 is 0 Å². The third-order valence-corrected chi connectivity index (χ3v) is 4.96. The molecule has 18 heavy (non-hydrogen) atoms. The van der Waals surface area contributed by atoms with Gasteiger partial charge in [0.25, 0.3) is 0 Å². The van der Waals surface area contributed by atoms with E-state index in [1.807, 2.05) is 11.1 Å². The first-order valence-corrected chi connectivity index (χ1v) is 7.38. The van der Waals surface area contributed by atoms with Gasteiger partial charge in [-0.25, -0.2) is 4.98 Å². The lowest BCUT2D eigenvalue weighted by molar-refractivity contribution is -0.128. The summed E-state index contributed by atoms with van der Waals surface area (Å²) in [4.78, 5) is 19.7. The Morgan fingerprint density at radius 2 is 2.28 bits per heavy atom. The number of piperidine rings is 1. The van der Waals surface area contributed by atoms with Crippen molar-refractivity contribution < 1.29 is 4.79 Å².